The van der Waals surface area contributed by atoms with Crippen LogP contribution in [0.3, 0.4) is 0 Å². The van der Waals surface area contributed by atoms with Crippen molar-refractivity contribution in [3.05, 3.63) is 35.5 Å². The van der Waals surface area contributed by atoms with E-state index in [2.05, 4.69) is 47.6 Å². The van der Waals surface area contributed by atoms with E-state index in [9.17, 15) is 0 Å². The molecule has 0 fully saturated rings. The van der Waals surface area contributed by atoms with Gasteiger partial charge in [0.25, 0.3) is 0 Å². The molecule has 1 aliphatic carbocycles. The summed E-state index contributed by atoms with van der Waals surface area (Å²) < 4.78 is 0. The average Bonchev–Trinajstić information content (AvgIpc) is 2.74. The van der Waals surface area contributed by atoms with E-state index in [1.54, 1.807) is 0 Å². The van der Waals surface area contributed by atoms with Crippen molar-refractivity contribution in [2.75, 3.05) is 11.9 Å². The fraction of sp³-hybridized carbons (Fsp3) is 0.333. The highest BCUT2D eigenvalue weighted by atomic mass is 14.9. The fourth-order valence-corrected chi connectivity index (χ4v) is 2.47. The number of hydrogen-bond donors (Lipinski definition) is 2. The summed E-state index contributed by atoms with van der Waals surface area (Å²) in [6.07, 6.45) is 7.96. The number of anilines is 1. The normalized spacial score (nSPS) is 13.9. The molecule has 0 atom stereocenters. The number of hydrogen-bond acceptors (Lipinski definition) is 1. The Balaban J connectivity index is 2.03. The Morgan fingerprint density at radius 3 is 3.18 bits per heavy atom. The lowest BCUT2D eigenvalue weighted by atomic mass is 10.0. The van der Waals surface area contributed by atoms with Crippen LogP contribution in [-0.2, 0) is 6.42 Å². The molecule has 1 aliphatic rings. The molecule has 3 rings (SSSR count). The van der Waals surface area contributed by atoms with Crippen molar-refractivity contribution in [2.24, 2.45) is 0 Å². The molecule has 17 heavy (non-hydrogen) atoms. The molecule has 1 aromatic heterocycles. The first-order valence-corrected chi connectivity index (χ1v) is 6.43. The smallest absolute Gasteiger partial charge is 0.0483 e. The van der Waals surface area contributed by atoms with Crippen LogP contribution in [0.4, 0.5) is 5.69 Å². The molecule has 0 bridgehead atoms. The Bertz CT molecular complexity index is 564. The van der Waals surface area contributed by atoms with Crippen molar-refractivity contribution >= 4 is 22.7 Å². The zero-order valence-corrected chi connectivity index (χ0v) is 10.2. The average molecular weight is 226 g/mol. The first-order valence-electron chi connectivity index (χ1n) is 6.43. The van der Waals surface area contributed by atoms with Gasteiger partial charge >= 0.3 is 0 Å². The molecule has 0 radical (unpaired) electrons. The van der Waals surface area contributed by atoms with Crippen LogP contribution in [0, 0.1) is 0 Å². The van der Waals surface area contributed by atoms with E-state index < -0.39 is 0 Å². The summed E-state index contributed by atoms with van der Waals surface area (Å²) >= 11 is 0. The van der Waals surface area contributed by atoms with Crippen LogP contribution in [0.25, 0.3) is 17.0 Å². The Kier molecular flexibility index (Phi) is 2.63. The van der Waals surface area contributed by atoms with E-state index in [-0.39, 0.29) is 0 Å². The SMILES string of the molecule is CCCNc1ccc2c3c([nH]c2c1)CCC=C3. The standard InChI is InChI=1S/C15H18N2/c1-2-9-16-11-7-8-13-12-5-3-4-6-14(12)17-15(13)10-11/h3,5,7-8,10,16-17H,2,4,6,9H2,1H3. The molecule has 88 valence electrons. The minimum Gasteiger partial charge on any atom is -0.385 e. The molecule has 0 spiro atoms. The summed E-state index contributed by atoms with van der Waals surface area (Å²) in [4.78, 5) is 3.54. The van der Waals surface area contributed by atoms with Gasteiger partial charge < -0.3 is 10.3 Å². The van der Waals surface area contributed by atoms with E-state index >= 15 is 0 Å². The van der Waals surface area contributed by atoms with Gasteiger partial charge in [0.15, 0.2) is 0 Å². The van der Waals surface area contributed by atoms with Gasteiger partial charge in [-0.1, -0.05) is 25.1 Å². The van der Waals surface area contributed by atoms with Gasteiger partial charge in [-0.15, -0.1) is 0 Å². The lowest BCUT2D eigenvalue weighted by Gasteiger charge is -2.04. The molecule has 2 nitrogen and oxygen atoms in total. The molecule has 0 saturated carbocycles. The molecule has 0 unspecified atom stereocenters. The van der Waals surface area contributed by atoms with E-state index in [4.69, 9.17) is 0 Å². The highest BCUT2D eigenvalue weighted by Crippen LogP contribution is 2.29. The number of nitrogens with one attached hydrogen (secondary N) is 2. The molecular weight excluding hydrogens is 208 g/mol. The Labute approximate surface area is 102 Å². The number of aromatic nitrogens is 1. The zero-order valence-electron chi connectivity index (χ0n) is 10.2. The number of benzene rings is 1. The van der Waals surface area contributed by atoms with Crippen LogP contribution in [-0.4, -0.2) is 11.5 Å². The monoisotopic (exact) mass is 226 g/mol. The lowest BCUT2D eigenvalue weighted by molar-refractivity contribution is 0.950. The second-order valence-corrected chi connectivity index (χ2v) is 4.65. The van der Waals surface area contributed by atoms with Crippen molar-refractivity contribution in [1.82, 2.24) is 4.98 Å². The maximum absolute atomic E-state index is 3.54. The summed E-state index contributed by atoms with van der Waals surface area (Å²) in [7, 11) is 0. The Morgan fingerprint density at radius 1 is 1.35 bits per heavy atom. The minimum atomic E-state index is 1.03. The van der Waals surface area contributed by atoms with Crippen molar-refractivity contribution in [1.29, 1.82) is 0 Å². The first kappa shape index (κ1) is 10.5. The van der Waals surface area contributed by atoms with Gasteiger partial charge in [-0.3, -0.25) is 0 Å². The third-order valence-corrected chi connectivity index (χ3v) is 3.35. The second-order valence-electron chi connectivity index (χ2n) is 4.65. The van der Waals surface area contributed by atoms with Gasteiger partial charge in [0, 0.05) is 34.4 Å². The maximum atomic E-state index is 3.54. The molecule has 2 N–H and O–H groups in total. The summed E-state index contributed by atoms with van der Waals surface area (Å²) in [5.41, 5.74) is 5.23. The molecule has 0 aliphatic heterocycles. The van der Waals surface area contributed by atoms with Gasteiger partial charge in [0.1, 0.15) is 0 Å². The highest BCUT2D eigenvalue weighted by molar-refractivity contribution is 5.93. The van der Waals surface area contributed by atoms with E-state index in [1.807, 2.05) is 0 Å². The van der Waals surface area contributed by atoms with Crippen molar-refractivity contribution in [3.8, 4) is 0 Å². The number of allylic oxidation sites excluding steroid dienone is 1. The zero-order chi connectivity index (χ0) is 11.7. The number of aryl methyl sites for hydroxylation is 1. The van der Waals surface area contributed by atoms with Crippen LogP contribution in [0.1, 0.15) is 31.0 Å². The highest BCUT2D eigenvalue weighted by Gasteiger charge is 2.11. The molecule has 2 heteroatoms. The summed E-state index contributed by atoms with van der Waals surface area (Å²) in [6, 6.07) is 6.62. The van der Waals surface area contributed by atoms with Crippen LogP contribution < -0.4 is 5.32 Å². The molecule has 1 heterocycles. The molecule has 1 aromatic carbocycles. The van der Waals surface area contributed by atoms with Gasteiger partial charge in [0.05, 0.1) is 0 Å². The van der Waals surface area contributed by atoms with Gasteiger partial charge in [-0.05, 0) is 31.4 Å². The predicted molar refractivity (Wildman–Crippen MR) is 74.4 cm³/mol. The fourth-order valence-electron chi connectivity index (χ4n) is 2.47. The van der Waals surface area contributed by atoms with E-state index in [0.29, 0.717) is 0 Å². The number of aromatic amines is 1. The molecular formula is C15H18N2. The van der Waals surface area contributed by atoms with Crippen LogP contribution >= 0.6 is 0 Å². The van der Waals surface area contributed by atoms with Gasteiger partial charge in [-0.25, -0.2) is 0 Å². The summed E-state index contributed by atoms with van der Waals surface area (Å²) in [6.45, 7) is 3.22. The Hall–Kier alpha value is -1.70. The maximum Gasteiger partial charge on any atom is 0.0483 e. The summed E-state index contributed by atoms with van der Waals surface area (Å²) in [5, 5.41) is 4.77. The third-order valence-electron chi connectivity index (χ3n) is 3.35. The molecule has 2 aromatic rings. The number of fused-ring (bicyclic) bond motifs is 3. The summed E-state index contributed by atoms with van der Waals surface area (Å²) in [5.74, 6) is 0. The topological polar surface area (TPSA) is 27.8 Å². The molecule has 0 saturated heterocycles. The number of rotatable bonds is 3. The Morgan fingerprint density at radius 2 is 2.29 bits per heavy atom. The van der Waals surface area contributed by atoms with Crippen molar-refractivity contribution in [3.63, 3.8) is 0 Å². The van der Waals surface area contributed by atoms with Crippen LogP contribution in [0.2, 0.25) is 0 Å². The number of H-pyrrole nitrogens is 1. The molecule has 0 amide bonds. The second kappa shape index (κ2) is 4.28. The van der Waals surface area contributed by atoms with Crippen LogP contribution in [0.15, 0.2) is 24.3 Å². The van der Waals surface area contributed by atoms with Gasteiger partial charge in [-0.2, -0.15) is 0 Å². The quantitative estimate of drug-likeness (QED) is 0.815. The van der Waals surface area contributed by atoms with Gasteiger partial charge in [0.2, 0.25) is 0 Å². The largest absolute Gasteiger partial charge is 0.385 e. The van der Waals surface area contributed by atoms with E-state index in [1.165, 1.54) is 27.8 Å². The predicted octanol–water partition coefficient (Wildman–Crippen LogP) is 3.95. The minimum absolute atomic E-state index is 1.03. The van der Waals surface area contributed by atoms with E-state index in [0.717, 1.165) is 25.8 Å². The first-order chi connectivity index (χ1) is 8.38. The van der Waals surface area contributed by atoms with Crippen molar-refractivity contribution < 1.29 is 0 Å². The lowest BCUT2D eigenvalue weighted by Crippen LogP contribution is -1.98. The van der Waals surface area contributed by atoms with Crippen molar-refractivity contribution in [2.45, 2.75) is 26.2 Å². The van der Waals surface area contributed by atoms with Crippen LogP contribution in [0.5, 0.6) is 0 Å². The third kappa shape index (κ3) is 1.84.